The van der Waals surface area contributed by atoms with Gasteiger partial charge >= 0.3 is 6.03 Å². The zero-order chi connectivity index (χ0) is 18.2. The number of methoxy groups -OCH3 is 1. The second kappa shape index (κ2) is 6.73. The number of aromatic nitrogens is 1. The fourth-order valence-corrected chi connectivity index (χ4v) is 3.54. The van der Waals surface area contributed by atoms with Crippen LogP contribution < -0.4 is 9.64 Å². The summed E-state index contributed by atoms with van der Waals surface area (Å²) in [5.41, 5.74) is 1.43. The average Bonchev–Trinajstić information content (AvgIpc) is 2.79. The van der Waals surface area contributed by atoms with Crippen LogP contribution in [-0.4, -0.2) is 42.2 Å². The number of likely N-dealkylation sites (N-methyl/N-ethyl adjacent to an activating group) is 1. The first-order chi connectivity index (χ1) is 11.8. The van der Waals surface area contributed by atoms with Gasteiger partial charge in [0.25, 0.3) is 0 Å². The van der Waals surface area contributed by atoms with E-state index in [2.05, 4.69) is 11.9 Å². The number of hydrogen-bond donors (Lipinski definition) is 0. The predicted octanol–water partition coefficient (Wildman–Crippen LogP) is 4.27. The molecular weight excluding hydrogens is 361 g/mol. The van der Waals surface area contributed by atoms with Crippen molar-refractivity contribution in [3.63, 3.8) is 0 Å². The van der Waals surface area contributed by atoms with Crippen molar-refractivity contribution in [2.75, 3.05) is 25.6 Å². The van der Waals surface area contributed by atoms with Crippen LogP contribution in [0, 0.1) is 0 Å². The molecule has 1 aromatic heterocycles. The number of pyridine rings is 1. The van der Waals surface area contributed by atoms with Gasteiger partial charge in [-0.25, -0.2) is 9.78 Å². The zero-order valence-electron chi connectivity index (χ0n) is 14.3. The van der Waals surface area contributed by atoms with E-state index in [4.69, 9.17) is 27.9 Å². The maximum absolute atomic E-state index is 12.8. The Morgan fingerprint density at radius 1 is 1.20 bits per heavy atom. The molecular formula is C18H19Cl2N3O2. The van der Waals surface area contributed by atoms with Gasteiger partial charge in [0.15, 0.2) is 0 Å². The van der Waals surface area contributed by atoms with Gasteiger partial charge in [0.05, 0.1) is 24.9 Å². The maximum Gasteiger partial charge on any atom is 0.324 e. The molecule has 0 aliphatic carbocycles. The van der Waals surface area contributed by atoms with Gasteiger partial charge in [0.1, 0.15) is 16.1 Å². The van der Waals surface area contributed by atoms with Crippen LogP contribution in [0.1, 0.15) is 12.5 Å². The topological polar surface area (TPSA) is 45.7 Å². The second-order valence-corrected chi connectivity index (χ2v) is 7.19. The number of benzene rings is 1. The molecule has 1 aliphatic heterocycles. The summed E-state index contributed by atoms with van der Waals surface area (Å²) >= 11 is 12.0. The molecule has 0 bridgehead atoms. The highest BCUT2D eigenvalue weighted by molar-refractivity contribution is 6.33. The lowest BCUT2D eigenvalue weighted by Gasteiger charge is -2.30. The van der Waals surface area contributed by atoms with Crippen molar-refractivity contribution in [3.05, 3.63) is 52.3 Å². The molecule has 25 heavy (non-hydrogen) atoms. The largest absolute Gasteiger partial charge is 0.497 e. The van der Waals surface area contributed by atoms with Crippen LogP contribution in [0.15, 0.2) is 36.4 Å². The van der Waals surface area contributed by atoms with Gasteiger partial charge in [-0.05, 0) is 43.2 Å². The van der Waals surface area contributed by atoms with Crippen LogP contribution in [0.4, 0.5) is 10.5 Å². The summed E-state index contributed by atoms with van der Waals surface area (Å²) in [6.07, 6.45) is 0.724. The maximum atomic E-state index is 12.8. The molecule has 0 N–H and O–H groups in total. The predicted molar refractivity (Wildman–Crippen MR) is 99.9 cm³/mol. The van der Waals surface area contributed by atoms with Crippen molar-refractivity contribution < 1.29 is 9.53 Å². The minimum Gasteiger partial charge on any atom is -0.497 e. The number of carbonyl (C=O) groups is 1. The Balaban J connectivity index is 1.85. The highest BCUT2D eigenvalue weighted by Crippen LogP contribution is 2.34. The molecule has 2 aromatic rings. The lowest BCUT2D eigenvalue weighted by atomic mass is 9.92. The Kier molecular flexibility index (Phi) is 4.80. The van der Waals surface area contributed by atoms with E-state index in [-0.39, 0.29) is 21.9 Å². The molecule has 1 aliphatic rings. The van der Waals surface area contributed by atoms with Gasteiger partial charge < -0.3 is 9.64 Å². The van der Waals surface area contributed by atoms with Crippen LogP contribution in [0.3, 0.4) is 0 Å². The third kappa shape index (κ3) is 3.53. The van der Waals surface area contributed by atoms with Crippen LogP contribution in [-0.2, 0) is 6.42 Å². The van der Waals surface area contributed by atoms with Crippen molar-refractivity contribution >= 4 is 34.9 Å². The summed E-state index contributed by atoms with van der Waals surface area (Å²) in [6, 6.07) is 11.1. The first kappa shape index (κ1) is 17.8. The molecule has 1 saturated heterocycles. The molecule has 0 spiro atoms. The fourth-order valence-electron chi connectivity index (χ4n) is 3.09. The summed E-state index contributed by atoms with van der Waals surface area (Å²) in [5.74, 6) is 0.812. The minimum atomic E-state index is -0.353. The second-order valence-electron chi connectivity index (χ2n) is 6.42. The smallest absolute Gasteiger partial charge is 0.324 e. The Labute approximate surface area is 157 Å². The number of rotatable bonds is 4. The fraction of sp³-hybridized carbons (Fsp3) is 0.333. The molecule has 132 valence electrons. The zero-order valence-corrected chi connectivity index (χ0v) is 15.8. The van der Waals surface area contributed by atoms with Gasteiger partial charge in [-0.1, -0.05) is 35.3 Å². The molecule has 5 nitrogen and oxygen atoms in total. The SMILES string of the molecule is COc1ccc(CC2(C)CN(c3cc(Cl)nc(Cl)c3)C(=O)N2C)cc1. The number of anilines is 1. The molecule has 7 heteroatoms. The number of halogens is 2. The minimum absolute atomic E-state index is 0.0886. The lowest BCUT2D eigenvalue weighted by Crippen LogP contribution is -2.43. The van der Waals surface area contributed by atoms with E-state index in [1.165, 1.54) is 0 Å². The third-order valence-corrected chi connectivity index (χ3v) is 5.02. The lowest BCUT2D eigenvalue weighted by molar-refractivity contribution is 0.188. The monoisotopic (exact) mass is 379 g/mol. The van der Waals surface area contributed by atoms with Crippen molar-refractivity contribution in [1.29, 1.82) is 0 Å². The standard InChI is InChI=1S/C18H19Cl2N3O2/c1-18(10-12-4-6-14(25-3)7-5-12)11-23(17(24)22(18)2)13-8-15(19)21-16(20)9-13/h4-9H,10-11H2,1-3H3. The molecule has 2 amide bonds. The highest BCUT2D eigenvalue weighted by Gasteiger charge is 2.44. The number of ether oxygens (including phenoxy) is 1. The Bertz CT molecular complexity index is 777. The molecule has 1 atom stereocenters. The number of urea groups is 1. The highest BCUT2D eigenvalue weighted by atomic mass is 35.5. The number of hydrogen-bond acceptors (Lipinski definition) is 3. The van der Waals surface area contributed by atoms with Crippen molar-refractivity contribution in [2.45, 2.75) is 18.9 Å². The van der Waals surface area contributed by atoms with E-state index in [0.29, 0.717) is 12.2 Å². The molecule has 1 fully saturated rings. The molecule has 0 saturated carbocycles. The van der Waals surface area contributed by atoms with Crippen molar-refractivity contribution in [3.8, 4) is 5.75 Å². The third-order valence-electron chi connectivity index (χ3n) is 4.63. The van der Waals surface area contributed by atoms with E-state index in [1.807, 2.05) is 31.3 Å². The van der Waals surface area contributed by atoms with E-state index < -0.39 is 0 Å². The van der Waals surface area contributed by atoms with E-state index in [0.717, 1.165) is 17.7 Å². The van der Waals surface area contributed by atoms with Crippen LogP contribution in [0.2, 0.25) is 10.3 Å². The van der Waals surface area contributed by atoms with E-state index in [1.54, 1.807) is 29.0 Å². The number of amides is 2. The first-order valence-corrected chi connectivity index (χ1v) is 8.59. The van der Waals surface area contributed by atoms with Gasteiger partial charge in [-0.2, -0.15) is 0 Å². The average molecular weight is 380 g/mol. The number of nitrogens with zero attached hydrogens (tertiary/aromatic N) is 3. The molecule has 0 radical (unpaired) electrons. The summed E-state index contributed by atoms with van der Waals surface area (Å²) in [6.45, 7) is 2.60. The molecule has 2 heterocycles. The van der Waals surface area contributed by atoms with Crippen LogP contribution >= 0.6 is 23.2 Å². The molecule has 3 rings (SSSR count). The normalized spacial score (nSPS) is 20.3. The van der Waals surface area contributed by atoms with Gasteiger partial charge in [-0.3, -0.25) is 4.90 Å². The van der Waals surface area contributed by atoms with Crippen molar-refractivity contribution in [2.24, 2.45) is 0 Å². The summed E-state index contributed by atoms with van der Waals surface area (Å²) in [4.78, 5) is 20.1. The Morgan fingerprint density at radius 3 is 2.36 bits per heavy atom. The first-order valence-electron chi connectivity index (χ1n) is 7.84. The van der Waals surface area contributed by atoms with E-state index in [9.17, 15) is 4.79 Å². The van der Waals surface area contributed by atoms with Crippen LogP contribution in [0.25, 0.3) is 0 Å². The van der Waals surface area contributed by atoms with E-state index >= 15 is 0 Å². The molecule has 1 unspecified atom stereocenters. The summed E-state index contributed by atoms with van der Waals surface area (Å²) < 4.78 is 5.20. The van der Waals surface area contributed by atoms with Gasteiger partial charge in [-0.15, -0.1) is 0 Å². The molecule has 1 aromatic carbocycles. The van der Waals surface area contributed by atoms with Crippen LogP contribution in [0.5, 0.6) is 5.75 Å². The Hall–Kier alpha value is -1.98. The summed E-state index contributed by atoms with van der Waals surface area (Å²) in [7, 11) is 3.46. The Morgan fingerprint density at radius 2 is 1.80 bits per heavy atom. The number of carbonyl (C=O) groups excluding carboxylic acids is 1. The van der Waals surface area contributed by atoms with Crippen molar-refractivity contribution in [1.82, 2.24) is 9.88 Å². The summed E-state index contributed by atoms with van der Waals surface area (Å²) in [5, 5.41) is 0.531. The van der Waals surface area contributed by atoms with Gasteiger partial charge in [0.2, 0.25) is 0 Å². The quantitative estimate of drug-likeness (QED) is 0.745. The van der Waals surface area contributed by atoms with Gasteiger partial charge in [0, 0.05) is 7.05 Å².